The third kappa shape index (κ3) is 2.61. The van der Waals surface area contributed by atoms with Crippen molar-refractivity contribution in [2.45, 2.75) is 6.61 Å². The Hall–Kier alpha value is -0.900. The fourth-order valence-corrected chi connectivity index (χ4v) is 2.42. The molecule has 0 amide bonds. The van der Waals surface area contributed by atoms with Crippen LogP contribution in [0.15, 0.2) is 29.6 Å². The molecular formula is C11H8Cl2O2S. The van der Waals surface area contributed by atoms with Crippen molar-refractivity contribution in [2.24, 2.45) is 0 Å². The Bertz CT molecular complexity index is 460. The molecule has 0 unspecified atom stereocenters. The minimum absolute atomic E-state index is 0.0264. The quantitative estimate of drug-likeness (QED) is 0.902. The predicted molar refractivity (Wildman–Crippen MR) is 66.8 cm³/mol. The predicted octanol–water partition coefficient (Wildman–Crippen LogP) is 4.34. The van der Waals surface area contributed by atoms with E-state index >= 15 is 0 Å². The number of rotatable bonds is 3. The summed E-state index contributed by atoms with van der Waals surface area (Å²) < 4.78 is 5.50. The first-order valence-electron chi connectivity index (χ1n) is 4.50. The van der Waals surface area contributed by atoms with Gasteiger partial charge in [-0.3, -0.25) is 0 Å². The Balaban J connectivity index is 2.15. The summed E-state index contributed by atoms with van der Waals surface area (Å²) in [4.78, 5) is 1.08. The Morgan fingerprint density at radius 2 is 1.94 bits per heavy atom. The minimum Gasteiger partial charge on any atom is -0.508 e. The van der Waals surface area contributed by atoms with E-state index in [1.165, 1.54) is 12.1 Å². The Morgan fingerprint density at radius 1 is 1.25 bits per heavy atom. The van der Waals surface area contributed by atoms with Crippen molar-refractivity contribution in [3.05, 3.63) is 44.6 Å². The van der Waals surface area contributed by atoms with Gasteiger partial charge >= 0.3 is 0 Å². The van der Waals surface area contributed by atoms with E-state index in [1.807, 2.05) is 17.5 Å². The average Bonchev–Trinajstić information content (AvgIpc) is 2.68. The second-order valence-electron chi connectivity index (χ2n) is 3.11. The molecule has 0 aliphatic heterocycles. The number of benzene rings is 1. The maximum atomic E-state index is 9.25. The van der Waals surface area contributed by atoms with Crippen LogP contribution in [0.3, 0.4) is 0 Å². The van der Waals surface area contributed by atoms with Crippen molar-refractivity contribution in [2.75, 3.05) is 0 Å². The molecule has 0 bridgehead atoms. The van der Waals surface area contributed by atoms with Crippen LogP contribution >= 0.6 is 34.5 Å². The van der Waals surface area contributed by atoms with E-state index in [9.17, 15) is 5.11 Å². The number of halogens is 2. The van der Waals surface area contributed by atoms with E-state index in [4.69, 9.17) is 27.9 Å². The molecule has 1 N–H and O–H groups in total. The number of phenols is 1. The molecule has 0 saturated carbocycles. The zero-order valence-electron chi connectivity index (χ0n) is 8.11. The maximum Gasteiger partial charge on any atom is 0.157 e. The van der Waals surface area contributed by atoms with E-state index in [0.29, 0.717) is 22.4 Å². The number of ether oxygens (including phenoxy) is 1. The molecule has 0 radical (unpaired) electrons. The van der Waals surface area contributed by atoms with Crippen molar-refractivity contribution >= 4 is 34.5 Å². The first-order valence-corrected chi connectivity index (χ1v) is 6.13. The highest BCUT2D eigenvalue weighted by atomic mass is 35.5. The molecule has 1 aromatic heterocycles. The standard InChI is InChI=1S/C11H8Cl2O2S/c12-9-4-7(14)5-10(13)11(9)15-6-8-2-1-3-16-8/h1-5,14H,6H2. The third-order valence-corrected chi connectivity index (χ3v) is 3.33. The van der Waals surface area contributed by atoms with Crippen LogP contribution in [0.1, 0.15) is 4.88 Å². The van der Waals surface area contributed by atoms with Gasteiger partial charge in [0.25, 0.3) is 0 Å². The molecule has 2 aromatic rings. The molecule has 0 atom stereocenters. The molecule has 1 heterocycles. The summed E-state index contributed by atoms with van der Waals surface area (Å²) in [5.74, 6) is 0.424. The van der Waals surface area contributed by atoms with E-state index < -0.39 is 0 Å². The van der Waals surface area contributed by atoms with E-state index in [2.05, 4.69) is 0 Å². The van der Waals surface area contributed by atoms with Gasteiger partial charge in [0.05, 0.1) is 10.0 Å². The smallest absolute Gasteiger partial charge is 0.157 e. The summed E-state index contributed by atoms with van der Waals surface area (Å²) in [6, 6.07) is 6.71. The van der Waals surface area contributed by atoms with E-state index in [-0.39, 0.29) is 5.75 Å². The van der Waals surface area contributed by atoms with Crippen LogP contribution in [-0.2, 0) is 6.61 Å². The van der Waals surface area contributed by atoms with Crippen molar-refractivity contribution in [3.63, 3.8) is 0 Å². The molecule has 1 aromatic carbocycles. The van der Waals surface area contributed by atoms with Crippen molar-refractivity contribution in [1.82, 2.24) is 0 Å². The van der Waals surface area contributed by atoms with Crippen molar-refractivity contribution in [3.8, 4) is 11.5 Å². The lowest BCUT2D eigenvalue weighted by molar-refractivity contribution is 0.309. The summed E-state index contributed by atoms with van der Waals surface area (Å²) in [6.07, 6.45) is 0. The first kappa shape index (κ1) is 11.6. The molecule has 84 valence electrons. The molecule has 0 aliphatic carbocycles. The summed E-state index contributed by atoms with van der Waals surface area (Å²) in [5.41, 5.74) is 0. The summed E-state index contributed by atoms with van der Waals surface area (Å²) >= 11 is 13.4. The first-order chi connectivity index (χ1) is 7.66. The number of hydrogen-bond acceptors (Lipinski definition) is 3. The van der Waals surface area contributed by atoms with Gasteiger partial charge in [0, 0.05) is 17.0 Å². The molecule has 0 aliphatic rings. The SMILES string of the molecule is Oc1cc(Cl)c(OCc2cccs2)c(Cl)c1. The summed E-state index contributed by atoms with van der Waals surface area (Å²) in [7, 11) is 0. The highest BCUT2D eigenvalue weighted by molar-refractivity contribution is 7.09. The highest BCUT2D eigenvalue weighted by Gasteiger charge is 2.09. The van der Waals surface area contributed by atoms with Gasteiger partial charge in [-0.1, -0.05) is 29.3 Å². The highest BCUT2D eigenvalue weighted by Crippen LogP contribution is 2.36. The topological polar surface area (TPSA) is 29.5 Å². The molecule has 0 fully saturated rings. The van der Waals surface area contributed by atoms with E-state index in [0.717, 1.165) is 4.88 Å². The van der Waals surface area contributed by atoms with Gasteiger partial charge in [-0.05, 0) is 11.4 Å². The van der Waals surface area contributed by atoms with Crippen LogP contribution in [0, 0.1) is 0 Å². The molecule has 2 nitrogen and oxygen atoms in total. The van der Waals surface area contributed by atoms with Gasteiger partial charge < -0.3 is 9.84 Å². The van der Waals surface area contributed by atoms with Crippen LogP contribution in [0.2, 0.25) is 10.0 Å². The lowest BCUT2D eigenvalue weighted by Gasteiger charge is -2.09. The second-order valence-corrected chi connectivity index (χ2v) is 4.95. The average molecular weight is 275 g/mol. The number of thiophene rings is 1. The maximum absolute atomic E-state index is 9.25. The molecule has 0 spiro atoms. The minimum atomic E-state index is 0.0264. The zero-order valence-corrected chi connectivity index (χ0v) is 10.4. The third-order valence-electron chi connectivity index (χ3n) is 1.92. The monoisotopic (exact) mass is 274 g/mol. The van der Waals surface area contributed by atoms with Gasteiger partial charge in [0.2, 0.25) is 0 Å². The van der Waals surface area contributed by atoms with Gasteiger partial charge in [-0.25, -0.2) is 0 Å². The fourth-order valence-electron chi connectivity index (χ4n) is 1.22. The van der Waals surface area contributed by atoms with E-state index in [1.54, 1.807) is 11.3 Å². The van der Waals surface area contributed by atoms with Gasteiger partial charge in [-0.15, -0.1) is 11.3 Å². The van der Waals surface area contributed by atoms with Crippen molar-refractivity contribution < 1.29 is 9.84 Å². The molecule has 0 saturated heterocycles. The number of phenolic OH excluding ortho intramolecular Hbond substituents is 1. The summed E-state index contributed by atoms with van der Waals surface area (Å²) in [5, 5.41) is 11.8. The summed E-state index contributed by atoms with van der Waals surface area (Å²) in [6.45, 7) is 0.419. The number of aromatic hydroxyl groups is 1. The van der Waals surface area contributed by atoms with Gasteiger partial charge in [0.1, 0.15) is 12.4 Å². The Morgan fingerprint density at radius 3 is 2.50 bits per heavy atom. The van der Waals surface area contributed by atoms with Gasteiger partial charge in [0.15, 0.2) is 5.75 Å². The Kier molecular flexibility index (Phi) is 3.59. The Labute approximate surface area is 107 Å². The molecule has 16 heavy (non-hydrogen) atoms. The second kappa shape index (κ2) is 4.95. The lowest BCUT2D eigenvalue weighted by Crippen LogP contribution is -1.94. The van der Waals surface area contributed by atoms with Gasteiger partial charge in [-0.2, -0.15) is 0 Å². The largest absolute Gasteiger partial charge is 0.508 e. The lowest BCUT2D eigenvalue weighted by atomic mass is 10.3. The van der Waals surface area contributed by atoms with Crippen LogP contribution < -0.4 is 4.74 Å². The fraction of sp³-hybridized carbons (Fsp3) is 0.0909. The molecule has 5 heteroatoms. The van der Waals surface area contributed by atoms with Crippen LogP contribution in [0.4, 0.5) is 0 Å². The normalized spacial score (nSPS) is 10.4. The van der Waals surface area contributed by atoms with Crippen molar-refractivity contribution in [1.29, 1.82) is 0 Å². The number of hydrogen-bond donors (Lipinski definition) is 1. The zero-order chi connectivity index (χ0) is 11.5. The molecule has 2 rings (SSSR count). The van der Waals surface area contributed by atoms with Crippen LogP contribution in [0.5, 0.6) is 11.5 Å². The van der Waals surface area contributed by atoms with Crippen LogP contribution in [-0.4, -0.2) is 5.11 Å². The van der Waals surface area contributed by atoms with Crippen LogP contribution in [0.25, 0.3) is 0 Å². The molecular weight excluding hydrogens is 267 g/mol.